The van der Waals surface area contributed by atoms with Crippen LogP contribution in [0, 0.1) is 0 Å². The lowest BCUT2D eigenvalue weighted by molar-refractivity contribution is -0.137. The van der Waals surface area contributed by atoms with Crippen molar-refractivity contribution in [3.05, 3.63) is 35.4 Å². The molecular formula is C15H21F3N2S. The van der Waals surface area contributed by atoms with Gasteiger partial charge in [0.1, 0.15) is 0 Å². The molecule has 1 saturated heterocycles. The first kappa shape index (κ1) is 16.6. The van der Waals surface area contributed by atoms with Crippen molar-refractivity contribution in [3.8, 4) is 0 Å². The van der Waals surface area contributed by atoms with Crippen molar-refractivity contribution in [2.24, 2.45) is 5.73 Å². The fourth-order valence-electron chi connectivity index (χ4n) is 2.75. The minimum Gasteiger partial charge on any atom is -0.329 e. The van der Waals surface area contributed by atoms with Crippen LogP contribution in [0.25, 0.3) is 0 Å². The van der Waals surface area contributed by atoms with Crippen molar-refractivity contribution in [2.75, 3.05) is 18.8 Å². The summed E-state index contributed by atoms with van der Waals surface area (Å²) in [5.41, 5.74) is 6.14. The molecular weight excluding hydrogens is 297 g/mol. The van der Waals surface area contributed by atoms with Gasteiger partial charge in [-0.2, -0.15) is 24.9 Å². The van der Waals surface area contributed by atoms with E-state index in [0.717, 1.165) is 30.0 Å². The van der Waals surface area contributed by atoms with E-state index in [1.165, 1.54) is 0 Å². The Morgan fingerprint density at radius 3 is 2.43 bits per heavy atom. The summed E-state index contributed by atoms with van der Waals surface area (Å²) in [6, 6.07) is 5.74. The van der Waals surface area contributed by atoms with Crippen LogP contribution in [0.3, 0.4) is 0 Å². The van der Waals surface area contributed by atoms with Crippen molar-refractivity contribution >= 4 is 11.8 Å². The zero-order chi connectivity index (χ0) is 15.6. The summed E-state index contributed by atoms with van der Waals surface area (Å²) in [6.07, 6.45) is -4.29. The average Bonchev–Trinajstić information content (AvgIpc) is 2.44. The molecule has 1 aromatic carbocycles. The van der Waals surface area contributed by atoms with Gasteiger partial charge in [0.2, 0.25) is 0 Å². The van der Waals surface area contributed by atoms with Crippen molar-refractivity contribution in [3.63, 3.8) is 0 Å². The van der Waals surface area contributed by atoms with Gasteiger partial charge in [-0.3, -0.25) is 4.90 Å². The highest BCUT2D eigenvalue weighted by molar-refractivity contribution is 8.00. The molecule has 0 amide bonds. The molecule has 3 atom stereocenters. The molecule has 118 valence electrons. The average molecular weight is 318 g/mol. The number of thioether (sulfide) groups is 1. The van der Waals surface area contributed by atoms with Crippen LogP contribution in [-0.2, 0) is 6.18 Å². The minimum atomic E-state index is -4.29. The third-order valence-electron chi connectivity index (χ3n) is 4.18. The van der Waals surface area contributed by atoms with Crippen LogP contribution in [0.5, 0.6) is 0 Å². The number of hydrogen-bond acceptors (Lipinski definition) is 3. The first-order valence-electron chi connectivity index (χ1n) is 7.09. The lowest BCUT2D eigenvalue weighted by Crippen LogP contribution is -2.48. The van der Waals surface area contributed by atoms with E-state index >= 15 is 0 Å². The fraction of sp³-hybridized carbons (Fsp3) is 0.600. The van der Waals surface area contributed by atoms with Crippen LogP contribution in [0.2, 0.25) is 0 Å². The third-order valence-corrected chi connectivity index (χ3v) is 5.52. The molecule has 0 spiro atoms. The Labute approximate surface area is 127 Å². The van der Waals surface area contributed by atoms with E-state index in [1.807, 2.05) is 11.8 Å². The predicted octanol–water partition coefficient (Wildman–Crippen LogP) is 3.53. The molecule has 3 unspecified atom stereocenters. The quantitative estimate of drug-likeness (QED) is 0.924. The first-order valence-corrected chi connectivity index (χ1v) is 8.14. The molecule has 21 heavy (non-hydrogen) atoms. The molecule has 1 aliphatic rings. The van der Waals surface area contributed by atoms with Crippen molar-refractivity contribution in [1.29, 1.82) is 0 Å². The number of benzene rings is 1. The summed E-state index contributed by atoms with van der Waals surface area (Å²) >= 11 is 1.93. The molecule has 2 rings (SSSR count). The van der Waals surface area contributed by atoms with E-state index in [4.69, 9.17) is 5.73 Å². The maximum atomic E-state index is 12.6. The second-order valence-corrected chi connectivity index (χ2v) is 6.91. The Balaban J connectivity index is 2.21. The van der Waals surface area contributed by atoms with Crippen LogP contribution < -0.4 is 5.73 Å². The summed E-state index contributed by atoms with van der Waals surface area (Å²) in [5.74, 6) is 1.03. The van der Waals surface area contributed by atoms with Gasteiger partial charge in [0.05, 0.1) is 5.56 Å². The molecule has 0 saturated carbocycles. The number of hydrogen-bond donors (Lipinski definition) is 1. The number of nitrogens with zero attached hydrogens (tertiary/aromatic N) is 1. The highest BCUT2D eigenvalue weighted by Gasteiger charge is 2.33. The number of alkyl halides is 3. The van der Waals surface area contributed by atoms with Crippen LogP contribution >= 0.6 is 11.8 Å². The lowest BCUT2D eigenvalue weighted by atomic mass is 10.0. The Bertz CT molecular complexity index is 461. The van der Waals surface area contributed by atoms with Gasteiger partial charge in [-0.1, -0.05) is 19.1 Å². The smallest absolute Gasteiger partial charge is 0.329 e. The molecule has 1 aliphatic heterocycles. The molecule has 2 nitrogen and oxygen atoms in total. The maximum Gasteiger partial charge on any atom is 0.416 e. The fourth-order valence-corrected chi connectivity index (χ4v) is 3.88. The Hall–Kier alpha value is -0.720. The molecule has 1 aromatic rings. The van der Waals surface area contributed by atoms with Gasteiger partial charge < -0.3 is 5.73 Å². The first-order chi connectivity index (χ1) is 9.84. The van der Waals surface area contributed by atoms with Crippen LogP contribution in [-0.4, -0.2) is 35.0 Å². The zero-order valence-corrected chi connectivity index (χ0v) is 13.0. The van der Waals surface area contributed by atoms with E-state index in [2.05, 4.69) is 18.7 Å². The van der Waals surface area contributed by atoms with Gasteiger partial charge >= 0.3 is 6.18 Å². The van der Waals surface area contributed by atoms with Gasteiger partial charge in [0.25, 0.3) is 0 Å². The zero-order valence-electron chi connectivity index (χ0n) is 12.2. The summed E-state index contributed by atoms with van der Waals surface area (Å²) in [7, 11) is 0. The second kappa shape index (κ2) is 6.58. The van der Waals surface area contributed by atoms with Gasteiger partial charge in [-0.25, -0.2) is 0 Å². The summed E-state index contributed by atoms with van der Waals surface area (Å²) < 4.78 is 37.9. The molecule has 0 aliphatic carbocycles. The van der Waals surface area contributed by atoms with Gasteiger partial charge in [-0.15, -0.1) is 0 Å². The Kier molecular flexibility index (Phi) is 5.22. The third kappa shape index (κ3) is 3.73. The predicted molar refractivity (Wildman–Crippen MR) is 81.3 cm³/mol. The SMILES string of the molecule is CC1SCCN(C(CN)c2ccc(C(F)(F)F)cc2)C1C. The van der Waals surface area contributed by atoms with Crippen LogP contribution in [0.1, 0.15) is 31.0 Å². The number of nitrogens with two attached hydrogens (primary N) is 1. The largest absolute Gasteiger partial charge is 0.416 e. The van der Waals surface area contributed by atoms with E-state index in [-0.39, 0.29) is 6.04 Å². The molecule has 6 heteroatoms. The van der Waals surface area contributed by atoms with Crippen LogP contribution in [0.4, 0.5) is 13.2 Å². The monoisotopic (exact) mass is 318 g/mol. The van der Waals surface area contributed by atoms with E-state index in [9.17, 15) is 13.2 Å². The molecule has 1 fully saturated rings. The van der Waals surface area contributed by atoms with Crippen molar-refractivity contribution < 1.29 is 13.2 Å². The molecule has 0 radical (unpaired) electrons. The van der Waals surface area contributed by atoms with Gasteiger partial charge in [0, 0.05) is 36.2 Å². The number of halogens is 3. The molecule has 1 heterocycles. The molecule has 0 bridgehead atoms. The van der Waals surface area contributed by atoms with E-state index in [1.54, 1.807) is 12.1 Å². The van der Waals surface area contributed by atoms with Crippen LogP contribution in [0.15, 0.2) is 24.3 Å². The van der Waals surface area contributed by atoms with Crippen molar-refractivity contribution in [1.82, 2.24) is 4.90 Å². The van der Waals surface area contributed by atoms with Gasteiger partial charge in [0.15, 0.2) is 0 Å². The lowest BCUT2D eigenvalue weighted by Gasteiger charge is -2.42. The Morgan fingerprint density at radius 1 is 1.29 bits per heavy atom. The minimum absolute atomic E-state index is 0.0226. The molecule has 2 N–H and O–H groups in total. The van der Waals surface area contributed by atoms with Gasteiger partial charge in [-0.05, 0) is 24.6 Å². The van der Waals surface area contributed by atoms with E-state index < -0.39 is 11.7 Å². The molecule has 0 aromatic heterocycles. The Morgan fingerprint density at radius 2 is 1.90 bits per heavy atom. The normalized spacial score (nSPS) is 25.8. The summed E-state index contributed by atoms with van der Waals surface area (Å²) in [4.78, 5) is 2.31. The topological polar surface area (TPSA) is 29.3 Å². The highest BCUT2D eigenvalue weighted by atomic mass is 32.2. The maximum absolute atomic E-state index is 12.6. The second-order valence-electron chi connectivity index (χ2n) is 5.43. The highest BCUT2D eigenvalue weighted by Crippen LogP contribution is 2.33. The van der Waals surface area contributed by atoms with E-state index in [0.29, 0.717) is 17.8 Å². The summed E-state index contributed by atoms with van der Waals surface area (Å²) in [5, 5.41) is 0.502. The summed E-state index contributed by atoms with van der Waals surface area (Å²) in [6.45, 7) is 5.66. The number of rotatable bonds is 3. The van der Waals surface area contributed by atoms with Crippen molar-refractivity contribution in [2.45, 2.75) is 37.4 Å². The standard InChI is InChI=1S/C15H21F3N2S/c1-10-11(2)21-8-7-20(10)14(9-19)12-3-5-13(6-4-12)15(16,17)18/h3-6,10-11,14H,7-9,19H2,1-2H3.